The third-order valence-electron chi connectivity index (χ3n) is 3.17. The van der Waals surface area contributed by atoms with Gasteiger partial charge in [0.1, 0.15) is 5.82 Å². The van der Waals surface area contributed by atoms with E-state index < -0.39 is 0 Å². The molecule has 3 aromatic rings. The van der Waals surface area contributed by atoms with Gasteiger partial charge in [-0.1, -0.05) is 67.9 Å². The Bertz CT molecular complexity index is 774. The van der Waals surface area contributed by atoms with Crippen LogP contribution in [0.3, 0.4) is 0 Å². The molecule has 0 N–H and O–H groups in total. The lowest BCUT2D eigenvalue weighted by Crippen LogP contribution is -2.17. The van der Waals surface area contributed by atoms with Crippen molar-refractivity contribution in [1.29, 1.82) is 0 Å². The smallest absolute Gasteiger partial charge is 0.183 e. The highest BCUT2D eigenvalue weighted by molar-refractivity contribution is 6.33. The predicted octanol–water partition coefficient (Wildman–Crippen LogP) is 3.22. The van der Waals surface area contributed by atoms with Gasteiger partial charge in [0.2, 0.25) is 0 Å². The summed E-state index contributed by atoms with van der Waals surface area (Å²) in [6.07, 6.45) is 0. The molecule has 0 unspecified atom stereocenters. The Kier molecular flexibility index (Phi) is 3.37. The first-order valence-corrected chi connectivity index (χ1v) is 7.14. The number of nitrogens with zero attached hydrogens (tertiary/aromatic N) is 5. The van der Waals surface area contributed by atoms with Crippen LogP contribution >= 0.6 is 11.6 Å². The molecular weight excluding hydrogens is 286 g/mol. The van der Waals surface area contributed by atoms with Crippen molar-refractivity contribution in [2.24, 2.45) is 0 Å². The fraction of sp³-hybridized carbons (Fsp3) is 0.333. The topological polar surface area (TPSA) is 56.5 Å². The standard InChI is InChI=1S/C15H16ClN5/c1-15(2,3)14-17-12(16)11-13(18-14)21(20-19-11)9-10-7-5-4-6-8-10/h4-8H,9H2,1-3H3. The number of fused-ring (bicyclic) bond motifs is 1. The Hall–Kier alpha value is -2.01. The van der Waals surface area contributed by atoms with Gasteiger partial charge in [0.05, 0.1) is 6.54 Å². The van der Waals surface area contributed by atoms with Crippen LogP contribution in [0.4, 0.5) is 0 Å². The molecule has 0 saturated carbocycles. The molecule has 2 aromatic heterocycles. The van der Waals surface area contributed by atoms with Crippen LogP contribution < -0.4 is 0 Å². The summed E-state index contributed by atoms with van der Waals surface area (Å²) in [5, 5.41) is 8.60. The van der Waals surface area contributed by atoms with E-state index in [-0.39, 0.29) is 5.41 Å². The fourth-order valence-electron chi connectivity index (χ4n) is 2.02. The molecule has 108 valence electrons. The summed E-state index contributed by atoms with van der Waals surface area (Å²) in [6.45, 7) is 6.76. The van der Waals surface area contributed by atoms with Crippen molar-refractivity contribution >= 4 is 22.8 Å². The minimum Gasteiger partial charge on any atom is -0.222 e. The van der Waals surface area contributed by atoms with Gasteiger partial charge in [0.15, 0.2) is 16.3 Å². The summed E-state index contributed by atoms with van der Waals surface area (Å²) in [7, 11) is 0. The second-order valence-electron chi connectivity index (χ2n) is 5.99. The van der Waals surface area contributed by atoms with Crippen molar-refractivity contribution in [2.75, 3.05) is 0 Å². The lowest BCUT2D eigenvalue weighted by Gasteiger charge is -2.16. The normalized spacial score (nSPS) is 12.0. The first kappa shape index (κ1) is 13.9. The predicted molar refractivity (Wildman–Crippen MR) is 82.4 cm³/mol. The van der Waals surface area contributed by atoms with Gasteiger partial charge in [-0.3, -0.25) is 0 Å². The molecule has 0 aliphatic rings. The molecule has 0 fully saturated rings. The van der Waals surface area contributed by atoms with E-state index in [9.17, 15) is 0 Å². The first-order chi connectivity index (χ1) is 9.95. The molecule has 0 radical (unpaired) electrons. The Balaban J connectivity index is 2.10. The minimum absolute atomic E-state index is 0.181. The molecule has 21 heavy (non-hydrogen) atoms. The van der Waals surface area contributed by atoms with Crippen LogP contribution in [-0.2, 0) is 12.0 Å². The molecule has 0 amide bonds. The molecular formula is C15H16ClN5. The average molecular weight is 302 g/mol. The van der Waals surface area contributed by atoms with E-state index in [1.165, 1.54) is 0 Å². The average Bonchev–Trinajstić information content (AvgIpc) is 2.83. The maximum atomic E-state index is 6.22. The van der Waals surface area contributed by atoms with Crippen molar-refractivity contribution in [2.45, 2.75) is 32.7 Å². The van der Waals surface area contributed by atoms with Crippen LogP contribution in [0.25, 0.3) is 11.2 Å². The van der Waals surface area contributed by atoms with Crippen LogP contribution in [0.5, 0.6) is 0 Å². The number of hydrogen-bond donors (Lipinski definition) is 0. The van der Waals surface area contributed by atoms with Gasteiger partial charge in [0.25, 0.3) is 0 Å². The molecule has 5 nitrogen and oxygen atoms in total. The Morgan fingerprint density at radius 1 is 1.10 bits per heavy atom. The highest BCUT2D eigenvalue weighted by Gasteiger charge is 2.21. The van der Waals surface area contributed by atoms with Gasteiger partial charge in [0, 0.05) is 5.41 Å². The van der Waals surface area contributed by atoms with E-state index in [1.54, 1.807) is 4.68 Å². The van der Waals surface area contributed by atoms with Crippen molar-refractivity contribution < 1.29 is 0 Å². The second kappa shape index (κ2) is 5.07. The molecule has 0 saturated heterocycles. The van der Waals surface area contributed by atoms with Crippen molar-refractivity contribution in [3.05, 3.63) is 46.9 Å². The molecule has 0 aliphatic heterocycles. The van der Waals surface area contributed by atoms with Crippen LogP contribution in [0.1, 0.15) is 32.2 Å². The van der Waals surface area contributed by atoms with Crippen LogP contribution in [-0.4, -0.2) is 25.0 Å². The summed E-state index contributed by atoms with van der Waals surface area (Å²) < 4.78 is 1.76. The van der Waals surface area contributed by atoms with E-state index in [0.29, 0.717) is 28.7 Å². The summed E-state index contributed by atoms with van der Waals surface area (Å²) >= 11 is 6.22. The second-order valence-corrected chi connectivity index (χ2v) is 6.35. The van der Waals surface area contributed by atoms with Crippen molar-refractivity contribution in [1.82, 2.24) is 25.0 Å². The lowest BCUT2D eigenvalue weighted by atomic mass is 9.96. The summed E-state index contributed by atoms with van der Waals surface area (Å²) in [5.41, 5.74) is 2.17. The van der Waals surface area contributed by atoms with Crippen molar-refractivity contribution in [3.63, 3.8) is 0 Å². The van der Waals surface area contributed by atoms with Gasteiger partial charge in [-0.2, -0.15) is 0 Å². The third-order valence-corrected chi connectivity index (χ3v) is 3.43. The van der Waals surface area contributed by atoms with Gasteiger partial charge >= 0.3 is 0 Å². The molecule has 6 heteroatoms. The van der Waals surface area contributed by atoms with E-state index in [2.05, 4.69) is 41.1 Å². The summed E-state index contributed by atoms with van der Waals surface area (Å²) in [4.78, 5) is 8.94. The van der Waals surface area contributed by atoms with Crippen molar-refractivity contribution in [3.8, 4) is 0 Å². The van der Waals surface area contributed by atoms with Crippen LogP contribution in [0.2, 0.25) is 5.15 Å². The zero-order chi connectivity index (χ0) is 15.0. The molecule has 2 heterocycles. The Morgan fingerprint density at radius 3 is 2.48 bits per heavy atom. The SMILES string of the molecule is CC(C)(C)c1nc(Cl)c2nnn(Cc3ccccc3)c2n1. The number of benzene rings is 1. The minimum atomic E-state index is -0.181. The number of aromatic nitrogens is 5. The molecule has 3 rings (SSSR count). The third kappa shape index (κ3) is 2.74. The Morgan fingerprint density at radius 2 is 1.81 bits per heavy atom. The fourth-order valence-corrected chi connectivity index (χ4v) is 2.22. The zero-order valence-corrected chi connectivity index (χ0v) is 13.0. The Labute approximate surface area is 128 Å². The first-order valence-electron chi connectivity index (χ1n) is 6.76. The number of rotatable bonds is 2. The van der Waals surface area contributed by atoms with E-state index in [1.807, 2.05) is 30.3 Å². The van der Waals surface area contributed by atoms with Crippen LogP contribution in [0.15, 0.2) is 30.3 Å². The lowest BCUT2D eigenvalue weighted by molar-refractivity contribution is 0.545. The number of hydrogen-bond acceptors (Lipinski definition) is 4. The maximum absolute atomic E-state index is 6.22. The molecule has 0 spiro atoms. The highest BCUT2D eigenvalue weighted by Crippen LogP contribution is 2.24. The highest BCUT2D eigenvalue weighted by atomic mass is 35.5. The van der Waals surface area contributed by atoms with E-state index >= 15 is 0 Å². The van der Waals surface area contributed by atoms with Crippen LogP contribution in [0, 0.1) is 0 Å². The monoisotopic (exact) mass is 301 g/mol. The molecule has 0 atom stereocenters. The van der Waals surface area contributed by atoms with E-state index in [4.69, 9.17) is 11.6 Å². The summed E-state index contributed by atoms with van der Waals surface area (Å²) in [6, 6.07) is 10.1. The molecule has 0 aliphatic carbocycles. The van der Waals surface area contributed by atoms with Gasteiger partial charge in [-0.05, 0) is 5.56 Å². The summed E-state index contributed by atoms with van der Waals surface area (Å²) in [5.74, 6) is 0.691. The number of halogens is 1. The van der Waals surface area contributed by atoms with Gasteiger partial charge in [-0.15, -0.1) is 5.10 Å². The molecule has 1 aromatic carbocycles. The van der Waals surface area contributed by atoms with Gasteiger partial charge in [-0.25, -0.2) is 14.6 Å². The quantitative estimate of drug-likeness (QED) is 0.682. The van der Waals surface area contributed by atoms with Gasteiger partial charge < -0.3 is 0 Å². The molecule has 0 bridgehead atoms. The maximum Gasteiger partial charge on any atom is 0.183 e. The largest absolute Gasteiger partial charge is 0.222 e. The van der Waals surface area contributed by atoms with E-state index in [0.717, 1.165) is 5.56 Å². The zero-order valence-electron chi connectivity index (χ0n) is 12.2.